The number of aliphatic hydroxyl groups excluding tert-OH is 1. The van der Waals surface area contributed by atoms with Crippen LogP contribution in [0.4, 0.5) is 0 Å². The minimum absolute atomic E-state index is 0.233. The lowest BCUT2D eigenvalue weighted by Gasteiger charge is -2.19. The van der Waals surface area contributed by atoms with Gasteiger partial charge in [-0.05, 0) is 74.3 Å². The van der Waals surface area contributed by atoms with Gasteiger partial charge in [-0.15, -0.1) is 0 Å². The third-order valence-electron chi connectivity index (χ3n) is 3.79. The van der Waals surface area contributed by atoms with Gasteiger partial charge in [0.1, 0.15) is 0 Å². The third-order valence-corrected chi connectivity index (χ3v) is 3.79. The van der Waals surface area contributed by atoms with Crippen molar-refractivity contribution in [1.29, 1.82) is 0 Å². The molecule has 1 heteroatoms. The zero-order valence-electron chi connectivity index (χ0n) is 10.1. The minimum Gasteiger partial charge on any atom is -0.388 e. The fourth-order valence-corrected chi connectivity index (χ4v) is 2.34. The van der Waals surface area contributed by atoms with Gasteiger partial charge in [0.25, 0.3) is 0 Å². The highest BCUT2D eigenvalue weighted by Crippen LogP contribution is 2.43. The predicted octanol–water partition coefficient (Wildman–Crippen LogP) is 3.36. The molecule has 0 saturated heterocycles. The zero-order chi connectivity index (χ0) is 11.2. The minimum atomic E-state index is -0.233. The summed E-state index contributed by atoms with van der Waals surface area (Å²) in [7, 11) is 0. The van der Waals surface area contributed by atoms with Crippen LogP contribution < -0.4 is 0 Å². The quantitative estimate of drug-likeness (QED) is 0.783. The van der Waals surface area contributed by atoms with Gasteiger partial charge in [0, 0.05) is 0 Å². The van der Waals surface area contributed by atoms with E-state index in [-0.39, 0.29) is 6.10 Å². The molecule has 1 N–H and O–H groups in total. The van der Waals surface area contributed by atoms with Crippen molar-refractivity contribution in [2.75, 3.05) is 0 Å². The number of aliphatic hydroxyl groups is 1. The molecule has 0 aromatic heterocycles. The molecular weight excluding hydrogens is 184 g/mol. The summed E-state index contributed by atoms with van der Waals surface area (Å²) in [6.45, 7) is 8.52. The van der Waals surface area contributed by atoms with E-state index in [4.69, 9.17) is 0 Å². The smallest absolute Gasteiger partial charge is 0.0823 e. The summed E-state index contributed by atoms with van der Waals surface area (Å²) in [5.41, 5.74) is 6.34. The van der Waals surface area contributed by atoms with E-state index in [1.807, 2.05) is 0 Å². The largest absolute Gasteiger partial charge is 0.388 e. The summed E-state index contributed by atoms with van der Waals surface area (Å²) in [6, 6.07) is 2.22. The Morgan fingerprint density at radius 3 is 1.93 bits per heavy atom. The molecule has 1 aromatic rings. The fourth-order valence-electron chi connectivity index (χ4n) is 2.34. The summed E-state index contributed by atoms with van der Waals surface area (Å²) < 4.78 is 0. The van der Waals surface area contributed by atoms with Gasteiger partial charge in [-0.2, -0.15) is 0 Å². The van der Waals surface area contributed by atoms with Crippen LogP contribution >= 0.6 is 0 Å². The second-order valence-electron chi connectivity index (χ2n) is 4.96. The Hall–Kier alpha value is -0.820. The molecular formula is C14H20O. The first-order chi connectivity index (χ1) is 7.02. The van der Waals surface area contributed by atoms with Crippen molar-refractivity contribution in [2.24, 2.45) is 5.92 Å². The van der Waals surface area contributed by atoms with Crippen molar-refractivity contribution >= 4 is 0 Å². The lowest BCUT2D eigenvalue weighted by Crippen LogP contribution is -2.07. The Morgan fingerprint density at radius 2 is 1.53 bits per heavy atom. The Morgan fingerprint density at radius 1 is 1.07 bits per heavy atom. The van der Waals surface area contributed by atoms with Crippen molar-refractivity contribution < 1.29 is 5.11 Å². The fraction of sp³-hybridized carbons (Fsp3) is 0.571. The van der Waals surface area contributed by atoms with E-state index in [2.05, 4.69) is 33.8 Å². The second kappa shape index (κ2) is 3.64. The molecule has 1 aromatic carbocycles. The van der Waals surface area contributed by atoms with E-state index >= 15 is 0 Å². The number of hydrogen-bond acceptors (Lipinski definition) is 1. The van der Waals surface area contributed by atoms with Crippen LogP contribution in [0.2, 0.25) is 0 Å². The van der Waals surface area contributed by atoms with Crippen LogP contribution in [0.1, 0.15) is 46.8 Å². The summed E-state index contributed by atoms with van der Waals surface area (Å²) in [5, 5.41) is 10.3. The molecule has 0 spiro atoms. The molecule has 1 unspecified atom stereocenters. The van der Waals surface area contributed by atoms with Crippen LogP contribution in [0.15, 0.2) is 6.07 Å². The van der Waals surface area contributed by atoms with E-state index in [0.717, 1.165) is 0 Å². The maximum Gasteiger partial charge on any atom is 0.0823 e. The SMILES string of the molecule is Cc1cc(C)c(C)c(C(O)C2CC2)c1C. The number of aryl methyl sites for hydroxylation is 2. The summed E-state index contributed by atoms with van der Waals surface area (Å²) in [6.07, 6.45) is 2.14. The van der Waals surface area contributed by atoms with Gasteiger partial charge >= 0.3 is 0 Å². The first-order valence-electron chi connectivity index (χ1n) is 5.77. The lowest BCUT2D eigenvalue weighted by atomic mass is 9.89. The average Bonchev–Trinajstić information content (AvgIpc) is 2.98. The number of rotatable bonds is 2. The molecule has 1 saturated carbocycles. The summed E-state index contributed by atoms with van der Waals surface area (Å²) >= 11 is 0. The van der Waals surface area contributed by atoms with Crippen LogP contribution in [0.3, 0.4) is 0 Å². The van der Waals surface area contributed by atoms with Crippen LogP contribution in [0.25, 0.3) is 0 Å². The van der Waals surface area contributed by atoms with E-state index in [1.165, 1.54) is 40.7 Å². The van der Waals surface area contributed by atoms with Gasteiger partial charge in [-0.1, -0.05) is 6.07 Å². The molecule has 0 bridgehead atoms. The van der Waals surface area contributed by atoms with Crippen molar-refractivity contribution in [3.63, 3.8) is 0 Å². The second-order valence-corrected chi connectivity index (χ2v) is 4.96. The molecule has 1 aliphatic rings. The molecule has 1 nitrogen and oxygen atoms in total. The highest BCUT2D eigenvalue weighted by atomic mass is 16.3. The van der Waals surface area contributed by atoms with Crippen LogP contribution in [0, 0.1) is 33.6 Å². The topological polar surface area (TPSA) is 20.2 Å². The standard InChI is InChI=1S/C14H20O/c1-8-7-9(2)11(4)13(10(8)3)14(15)12-5-6-12/h7,12,14-15H,5-6H2,1-4H3. The first-order valence-corrected chi connectivity index (χ1v) is 5.77. The Kier molecular flexibility index (Phi) is 2.59. The number of benzene rings is 1. The maximum atomic E-state index is 10.3. The molecule has 0 amide bonds. The predicted molar refractivity (Wildman–Crippen MR) is 63.1 cm³/mol. The molecule has 1 aliphatic carbocycles. The van der Waals surface area contributed by atoms with Gasteiger partial charge in [0.05, 0.1) is 6.10 Å². The average molecular weight is 204 g/mol. The van der Waals surface area contributed by atoms with Gasteiger partial charge in [-0.25, -0.2) is 0 Å². The molecule has 0 aliphatic heterocycles. The van der Waals surface area contributed by atoms with Gasteiger partial charge in [0.2, 0.25) is 0 Å². The molecule has 1 atom stereocenters. The van der Waals surface area contributed by atoms with Crippen molar-refractivity contribution in [3.05, 3.63) is 33.9 Å². The van der Waals surface area contributed by atoms with Gasteiger partial charge in [-0.3, -0.25) is 0 Å². The van der Waals surface area contributed by atoms with Gasteiger partial charge in [0.15, 0.2) is 0 Å². The van der Waals surface area contributed by atoms with Crippen molar-refractivity contribution in [2.45, 2.75) is 46.6 Å². The molecule has 0 radical (unpaired) electrons. The Bertz CT molecular complexity index is 363. The zero-order valence-corrected chi connectivity index (χ0v) is 10.1. The highest BCUT2D eigenvalue weighted by molar-refractivity contribution is 5.45. The molecule has 15 heavy (non-hydrogen) atoms. The van der Waals surface area contributed by atoms with Crippen LogP contribution in [-0.4, -0.2) is 5.11 Å². The molecule has 2 rings (SSSR count). The summed E-state index contributed by atoms with van der Waals surface area (Å²) in [5.74, 6) is 0.517. The third kappa shape index (κ3) is 1.81. The summed E-state index contributed by atoms with van der Waals surface area (Å²) in [4.78, 5) is 0. The van der Waals surface area contributed by atoms with Crippen molar-refractivity contribution in [1.82, 2.24) is 0 Å². The maximum absolute atomic E-state index is 10.3. The number of hydrogen-bond donors (Lipinski definition) is 1. The monoisotopic (exact) mass is 204 g/mol. The first kappa shape index (κ1) is 10.7. The van der Waals surface area contributed by atoms with E-state index < -0.39 is 0 Å². The Balaban J connectivity index is 2.52. The van der Waals surface area contributed by atoms with Crippen LogP contribution in [-0.2, 0) is 0 Å². The lowest BCUT2D eigenvalue weighted by molar-refractivity contribution is 0.152. The van der Waals surface area contributed by atoms with Crippen molar-refractivity contribution in [3.8, 4) is 0 Å². The Labute approximate surface area is 92.1 Å². The van der Waals surface area contributed by atoms with Gasteiger partial charge < -0.3 is 5.11 Å². The van der Waals surface area contributed by atoms with E-state index in [1.54, 1.807) is 0 Å². The van der Waals surface area contributed by atoms with E-state index in [0.29, 0.717) is 5.92 Å². The molecule has 1 fully saturated rings. The molecule has 0 heterocycles. The van der Waals surface area contributed by atoms with Crippen LogP contribution in [0.5, 0.6) is 0 Å². The highest BCUT2D eigenvalue weighted by Gasteiger charge is 2.32. The normalized spacial score (nSPS) is 17.9. The van der Waals surface area contributed by atoms with E-state index in [9.17, 15) is 5.11 Å². The molecule has 82 valence electrons.